The Bertz CT molecular complexity index is 511. The fraction of sp³-hybridized carbons (Fsp3) is 0.680. The van der Waals surface area contributed by atoms with Gasteiger partial charge in [0.25, 0.3) is 0 Å². The molecule has 164 valence electrons. The number of carbonyl (C=O) groups is 2. The molecule has 4 nitrogen and oxygen atoms in total. The van der Waals surface area contributed by atoms with Crippen molar-refractivity contribution >= 4 is 11.9 Å². The second kappa shape index (κ2) is 17.1. The molecule has 0 aromatic heterocycles. The lowest BCUT2D eigenvalue weighted by Crippen LogP contribution is -2.16. The molecule has 0 amide bonds. The molecule has 1 rings (SSSR count). The van der Waals surface area contributed by atoms with E-state index in [-0.39, 0.29) is 30.7 Å². The number of ether oxygens (including phenoxy) is 2. The smallest absolute Gasteiger partial charge is 0.306 e. The molecule has 1 aromatic carbocycles. The fourth-order valence-corrected chi connectivity index (χ4v) is 3.34. The summed E-state index contributed by atoms with van der Waals surface area (Å²) in [5.41, 5.74) is 0.979. The van der Waals surface area contributed by atoms with Crippen molar-refractivity contribution in [2.24, 2.45) is 0 Å². The predicted octanol–water partition coefficient (Wildman–Crippen LogP) is 6.58. The number of hydrogen-bond donors (Lipinski definition) is 0. The summed E-state index contributed by atoms with van der Waals surface area (Å²) in [5.74, 6) is -0.667. The van der Waals surface area contributed by atoms with Gasteiger partial charge >= 0.3 is 11.9 Å². The number of esters is 2. The van der Waals surface area contributed by atoms with Gasteiger partial charge < -0.3 is 9.47 Å². The van der Waals surface area contributed by atoms with Gasteiger partial charge in [0.1, 0.15) is 0 Å². The van der Waals surface area contributed by atoms with E-state index in [2.05, 4.69) is 13.8 Å². The van der Waals surface area contributed by atoms with Crippen molar-refractivity contribution in [3.8, 4) is 0 Å². The first-order valence-electron chi connectivity index (χ1n) is 11.5. The third-order valence-electron chi connectivity index (χ3n) is 5.12. The largest absolute Gasteiger partial charge is 0.466 e. The zero-order chi connectivity index (χ0) is 21.2. The van der Waals surface area contributed by atoms with Gasteiger partial charge in [0.15, 0.2) is 0 Å². The van der Waals surface area contributed by atoms with Gasteiger partial charge in [-0.25, -0.2) is 0 Å². The predicted molar refractivity (Wildman–Crippen MR) is 118 cm³/mol. The monoisotopic (exact) mass is 404 g/mol. The Morgan fingerprint density at radius 1 is 0.690 bits per heavy atom. The van der Waals surface area contributed by atoms with Crippen molar-refractivity contribution in [1.29, 1.82) is 0 Å². The van der Waals surface area contributed by atoms with Crippen LogP contribution < -0.4 is 0 Å². The highest BCUT2D eigenvalue weighted by Crippen LogP contribution is 2.24. The summed E-state index contributed by atoms with van der Waals surface area (Å²) in [6.45, 7) is 5.29. The molecule has 0 aliphatic heterocycles. The summed E-state index contributed by atoms with van der Waals surface area (Å²) in [6.07, 6.45) is 11.6. The molecule has 0 fully saturated rings. The lowest BCUT2D eigenvalue weighted by molar-refractivity contribution is -0.146. The third-order valence-corrected chi connectivity index (χ3v) is 5.12. The van der Waals surface area contributed by atoms with Gasteiger partial charge in [0.05, 0.1) is 26.1 Å². The topological polar surface area (TPSA) is 52.6 Å². The molecule has 0 spiro atoms. The van der Waals surface area contributed by atoms with E-state index in [1.54, 1.807) is 0 Å². The molecule has 0 bridgehead atoms. The maximum absolute atomic E-state index is 12.3. The fourth-order valence-electron chi connectivity index (χ4n) is 3.34. The van der Waals surface area contributed by atoms with Crippen LogP contribution in [0.1, 0.15) is 102 Å². The normalized spacial score (nSPS) is 10.9. The van der Waals surface area contributed by atoms with E-state index in [1.807, 2.05) is 30.3 Å². The Morgan fingerprint density at radius 2 is 1.14 bits per heavy atom. The zero-order valence-electron chi connectivity index (χ0n) is 18.5. The van der Waals surface area contributed by atoms with E-state index in [0.717, 1.165) is 31.2 Å². The number of carbonyl (C=O) groups excluding carboxylic acids is 2. The maximum Gasteiger partial charge on any atom is 0.306 e. The summed E-state index contributed by atoms with van der Waals surface area (Å²) in [4.78, 5) is 24.6. The van der Waals surface area contributed by atoms with E-state index in [0.29, 0.717) is 13.2 Å². The highest BCUT2D eigenvalue weighted by atomic mass is 16.5. The Kier molecular flexibility index (Phi) is 14.8. The van der Waals surface area contributed by atoms with Crippen LogP contribution in [0.5, 0.6) is 0 Å². The first kappa shape index (κ1) is 25.2. The minimum absolute atomic E-state index is 0.198. The Morgan fingerprint density at radius 3 is 1.59 bits per heavy atom. The van der Waals surface area contributed by atoms with Crippen molar-refractivity contribution in [3.63, 3.8) is 0 Å². The summed E-state index contributed by atoms with van der Waals surface area (Å²) >= 11 is 0. The maximum atomic E-state index is 12.3. The van der Waals surface area contributed by atoms with Crippen LogP contribution in [0.15, 0.2) is 30.3 Å². The molecule has 0 heterocycles. The number of benzene rings is 1. The molecule has 0 aliphatic carbocycles. The Hall–Kier alpha value is -1.84. The van der Waals surface area contributed by atoms with Gasteiger partial charge in [-0.15, -0.1) is 0 Å². The van der Waals surface area contributed by atoms with Gasteiger partial charge in [-0.3, -0.25) is 9.59 Å². The van der Waals surface area contributed by atoms with Crippen LogP contribution in [0.25, 0.3) is 0 Å². The molecule has 0 N–H and O–H groups in total. The Labute approximate surface area is 177 Å². The average Bonchev–Trinajstić information content (AvgIpc) is 2.73. The second-order valence-corrected chi connectivity index (χ2v) is 7.79. The first-order valence-corrected chi connectivity index (χ1v) is 11.5. The summed E-state index contributed by atoms with van der Waals surface area (Å²) < 4.78 is 10.8. The van der Waals surface area contributed by atoms with Gasteiger partial charge in [0.2, 0.25) is 0 Å². The van der Waals surface area contributed by atoms with Gasteiger partial charge in [-0.05, 0) is 18.4 Å². The van der Waals surface area contributed by atoms with E-state index in [4.69, 9.17) is 9.47 Å². The molecule has 0 saturated carbocycles. The minimum atomic E-state index is -0.235. The SMILES string of the molecule is CCCCCCCOC(=O)CC(CC(=O)OCCCCCCC)c1ccccc1. The van der Waals surface area contributed by atoms with Crippen LogP contribution >= 0.6 is 0 Å². The van der Waals surface area contributed by atoms with Crippen molar-refractivity contribution in [1.82, 2.24) is 0 Å². The molecule has 0 radical (unpaired) electrons. The standard InChI is InChI=1S/C25H40O4/c1-3-5-7-9-14-18-28-24(26)20-23(22-16-12-11-13-17-22)21-25(27)29-19-15-10-8-6-4-2/h11-13,16-17,23H,3-10,14-15,18-21H2,1-2H3. The molecule has 1 aromatic rings. The summed E-state index contributed by atoms with van der Waals surface area (Å²) in [7, 11) is 0. The molecule has 0 saturated heterocycles. The van der Waals surface area contributed by atoms with Crippen LogP contribution in [-0.4, -0.2) is 25.2 Å². The lowest BCUT2D eigenvalue weighted by atomic mass is 9.92. The number of unbranched alkanes of at least 4 members (excludes halogenated alkanes) is 8. The minimum Gasteiger partial charge on any atom is -0.466 e. The van der Waals surface area contributed by atoms with E-state index in [9.17, 15) is 9.59 Å². The molecular weight excluding hydrogens is 364 g/mol. The third kappa shape index (κ3) is 13.1. The van der Waals surface area contributed by atoms with Crippen LogP contribution in [0, 0.1) is 0 Å². The van der Waals surface area contributed by atoms with E-state index in [1.165, 1.54) is 38.5 Å². The molecule has 29 heavy (non-hydrogen) atoms. The second-order valence-electron chi connectivity index (χ2n) is 7.79. The Balaban J connectivity index is 2.40. The van der Waals surface area contributed by atoms with Crippen molar-refractivity contribution in [2.75, 3.05) is 13.2 Å². The van der Waals surface area contributed by atoms with Gasteiger partial charge in [-0.2, -0.15) is 0 Å². The van der Waals surface area contributed by atoms with E-state index >= 15 is 0 Å². The van der Waals surface area contributed by atoms with Crippen molar-refractivity contribution in [2.45, 2.75) is 96.8 Å². The van der Waals surface area contributed by atoms with Crippen LogP contribution in [-0.2, 0) is 19.1 Å². The highest BCUT2D eigenvalue weighted by molar-refractivity contribution is 5.74. The molecule has 0 aliphatic rings. The molecule has 0 atom stereocenters. The average molecular weight is 405 g/mol. The van der Waals surface area contributed by atoms with E-state index < -0.39 is 0 Å². The highest BCUT2D eigenvalue weighted by Gasteiger charge is 2.21. The zero-order valence-corrected chi connectivity index (χ0v) is 18.5. The van der Waals surface area contributed by atoms with Crippen molar-refractivity contribution < 1.29 is 19.1 Å². The molecule has 0 unspecified atom stereocenters. The quantitative estimate of drug-likeness (QED) is 0.217. The number of rotatable bonds is 17. The van der Waals surface area contributed by atoms with Crippen LogP contribution in [0.3, 0.4) is 0 Å². The first-order chi connectivity index (χ1) is 14.2. The van der Waals surface area contributed by atoms with Crippen LogP contribution in [0.2, 0.25) is 0 Å². The van der Waals surface area contributed by atoms with Gasteiger partial charge in [-0.1, -0.05) is 95.5 Å². The molecule has 4 heteroatoms. The number of hydrogen-bond acceptors (Lipinski definition) is 4. The van der Waals surface area contributed by atoms with Crippen molar-refractivity contribution in [3.05, 3.63) is 35.9 Å². The summed E-state index contributed by atoms with van der Waals surface area (Å²) in [6, 6.07) is 9.71. The summed E-state index contributed by atoms with van der Waals surface area (Å²) in [5, 5.41) is 0. The van der Waals surface area contributed by atoms with Crippen LogP contribution in [0.4, 0.5) is 0 Å². The lowest BCUT2D eigenvalue weighted by Gasteiger charge is -2.16. The van der Waals surface area contributed by atoms with Gasteiger partial charge in [0, 0.05) is 5.92 Å². The molecular formula is C25H40O4.